The summed E-state index contributed by atoms with van der Waals surface area (Å²) in [6.07, 6.45) is 7.19. The van der Waals surface area contributed by atoms with Crippen LogP contribution in [0.15, 0.2) is 36.7 Å². The lowest BCUT2D eigenvalue weighted by atomic mass is 9.95. The Kier molecular flexibility index (Phi) is 5.96. The van der Waals surface area contributed by atoms with Crippen LogP contribution in [0.4, 0.5) is 0 Å². The van der Waals surface area contributed by atoms with Gasteiger partial charge < -0.3 is 14.2 Å². The lowest BCUT2D eigenvalue weighted by molar-refractivity contribution is -0.132. The summed E-state index contributed by atoms with van der Waals surface area (Å²) in [4.78, 5) is 19.2. The van der Waals surface area contributed by atoms with Crippen molar-refractivity contribution in [3.63, 3.8) is 0 Å². The SMILES string of the molecule is COc1ccccc1CCC(=O)N1CCC(c2nccn2C(C)C)CC1. The minimum absolute atomic E-state index is 0.238. The molecule has 5 nitrogen and oxygen atoms in total. The topological polar surface area (TPSA) is 47.4 Å². The summed E-state index contributed by atoms with van der Waals surface area (Å²) < 4.78 is 7.63. The normalized spacial score (nSPS) is 15.5. The highest BCUT2D eigenvalue weighted by molar-refractivity contribution is 5.76. The first-order valence-corrected chi connectivity index (χ1v) is 9.52. The van der Waals surface area contributed by atoms with Crippen LogP contribution in [0.1, 0.15) is 56.5 Å². The zero-order valence-corrected chi connectivity index (χ0v) is 16.0. The smallest absolute Gasteiger partial charge is 0.222 e. The van der Waals surface area contributed by atoms with Gasteiger partial charge in [-0.25, -0.2) is 4.98 Å². The summed E-state index contributed by atoms with van der Waals surface area (Å²) in [5.74, 6) is 2.72. The average molecular weight is 355 g/mol. The van der Waals surface area contributed by atoms with Crippen molar-refractivity contribution in [1.29, 1.82) is 0 Å². The number of nitrogens with zero attached hydrogens (tertiary/aromatic N) is 3. The number of aromatic nitrogens is 2. The predicted molar refractivity (Wildman–Crippen MR) is 102 cm³/mol. The van der Waals surface area contributed by atoms with Gasteiger partial charge in [-0.15, -0.1) is 0 Å². The first kappa shape index (κ1) is 18.5. The Morgan fingerprint density at radius 2 is 2.00 bits per heavy atom. The minimum atomic E-state index is 0.238. The molecule has 0 unspecified atom stereocenters. The Labute approximate surface area is 156 Å². The highest BCUT2D eigenvalue weighted by Crippen LogP contribution is 2.29. The molecule has 1 aliphatic rings. The Hall–Kier alpha value is -2.30. The predicted octanol–water partition coefficient (Wildman–Crippen LogP) is 3.81. The van der Waals surface area contributed by atoms with E-state index in [4.69, 9.17) is 4.74 Å². The molecule has 0 radical (unpaired) electrons. The molecular weight excluding hydrogens is 326 g/mol. The van der Waals surface area contributed by atoms with Gasteiger partial charge in [0, 0.05) is 43.9 Å². The molecule has 0 N–H and O–H groups in total. The van der Waals surface area contributed by atoms with Crippen LogP contribution < -0.4 is 4.74 Å². The van der Waals surface area contributed by atoms with E-state index in [9.17, 15) is 4.79 Å². The van der Waals surface area contributed by atoms with Gasteiger partial charge in [-0.2, -0.15) is 0 Å². The standard InChI is InChI=1S/C21H29N3O2/c1-16(2)24-15-12-22-21(24)18-10-13-23(14-11-18)20(25)9-8-17-6-4-5-7-19(17)26-3/h4-7,12,15-16,18H,8-11,13-14H2,1-3H3. The molecule has 3 rings (SSSR count). The van der Waals surface area contributed by atoms with Crippen molar-refractivity contribution in [1.82, 2.24) is 14.5 Å². The van der Waals surface area contributed by atoms with E-state index in [1.165, 1.54) is 5.82 Å². The third kappa shape index (κ3) is 4.09. The molecule has 1 aromatic heterocycles. The van der Waals surface area contributed by atoms with Crippen molar-refractivity contribution in [2.75, 3.05) is 20.2 Å². The van der Waals surface area contributed by atoms with Gasteiger partial charge in [0.15, 0.2) is 0 Å². The van der Waals surface area contributed by atoms with Crippen molar-refractivity contribution >= 4 is 5.91 Å². The second kappa shape index (κ2) is 8.39. The molecule has 1 saturated heterocycles. The van der Waals surface area contributed by atoms with Crippen LogP contribution in [0.3, 0.4) is 0 Å². The second-order valence-electron chi connectivity index (χ2n) is 7.25. The maximum atomic E-state index is 12.6. The summed E-state index contributed by atoms with van der Waals surface area (Å²) in [7, 11) is 1.67. The van der Waals surface area contributed by atoms with E-state index in [1.807, 2.05) is 35.4 Å². The van der Waals surface area contributed by atoms with E-state index in [1.54, 1.807) is 7.11 Å². The number of imidazole rings is 1. The van der Waals surface area contributed by atoms with Gasteiger partial charge in [0.2, 0.25) is 5.91 Å². The molecule has 1 aliphatic heterocycles. The Morgan fingerprint density at radius 3 is 2.69 bits per heavy atom. The Bertz CT molecular complexity index is 730. The fourth-order valence-electron chi connectivity index (χ4n) is 3.77. The van der Waals surface area contributed by atoms with Gasteiger partial charge in [-0.3, -0.25) is 4.79 Å². The number of methoxy groups -OCH3 is 1. The summed E-state index contributed by atoms with van der Waals surface area (Å²) in [5, 5.41) is 0. The quantitative estimate of drug-likeness (QED) is 0.791. The molecule has 26 heavy (non-hydrogen) atoms. The summed E-state index contributed by atoms with van der Waals surface area (Å²) in [5.41, 5.74) is 1.09. The average Bonchev–Trinajstić information content (AvgIpc) is 3.16. The van der Waals surface area contributed by atoms with Crippen molar-refractivity contribution in [3.05, 3.63) is 48.0 Å². The molecule has 140 valence electrons. The number of amides is 1. The number of piperidine rings is 1. The number of para-hydroxylation sites is 1. The van der Waals surface area contributed by atoms with Gasteiger partial charge in [-0.05, 0) is 44.7 Å². The molecule has 0 atom stereocenters. The number of aryl methyl sites for hydroxylation is 1. The van der Waals surface area contributed by atoms with Gasteiger partial charge in [0.25, 0.3) is 0 Å². The van der Waals surface area contributed by atoms with Gasteiger partial charge in [0.1, 0.15) is 11.6 Å². The van der Waals surface area contributed by atoms with Crippen molar-refractivity contribution < 1.29 is 9.53 Å². The minimum Gasteiger partial charge on any atom is -0.496 e. The number of carbonyl (C=O) groups excluding carboxylic acids is 1. The lowest BCUT2D eigenvalue weighted by Crippen LogP contribution is -2.38. The number of hydrogen-bond acceptors (Lipinski definition) is 3. The largest absolute Gasteiger partial charge is 0.496 e. The summed E-state index contributed by atoms with van der Waals surface area (Å²) in [6, 6.07) is 8.35. The molecular formula is C21H29N3O2. The lowest BCUT2D eigenvalue weighted by Gasteiger charge is -2.32. The molecule has 0 bridgehead atoms. The van der Waals surface area contributed by atoms with Crippen LogP contribution >= 0.6 is 0 Å². The highest BCUT2D eigenvalue weighted by atomic mass is 16.5. The molecule has 2 aromatic rings. The van der Waals surface area contributed by atoms with Crippen molar-refractivity contribution in [2.24, 2.45) is 0 Å². The molecule has 1 aromatic carbocycles. The molecule has 2 heterocycles. The van der Waals surface area contributed by atoms with Gasteiger partial charge in [0.05, 0.1) is 7.11 Å². The highest BCUT2D eigenvalue weighted by Gasteiger charge is 2.26. The number of rotatable bonds is 6. The van der Waals surface area contributed by atoms with E-state index in [2.05, 4.69) is 29.6 Å². The number of carbonyl (C=O) groups is 1. The maximum absolute atomic E-state index is 12.6. The fraction of sp³-hybridized carbons (Fsp3) is 0.524. The molecule has 1 amide bonds. The first-order valence-electron chi connectivity index (χ1n) is 9.52. The molecule has 0 aliphatic carbocycles. The third-order valence-corrected chi connectivity index (χ3v) is 5.27. The van der Waals surface area contributed by atoms with E-state index >= 15 is 0 Å². The number of ether oxygens (including phenoxy) is 1. The Balaban J connectivity index is 1.53. The zero-order valence-electron chi connectivity index (χ0n) is 16.0. The third-order valence-electron chi connectivity index (χ3n) is 5.27. The molecule has 0 saturated carbocycles. The van der Waals surface area contributed by atoms with Crippen LogP contribution in [0.5, 0.6) is 5.75 Å². The van der Waals surface area contributed by atoms with Crippen molar-refractivity contribution in [2.45, 2.75) is 51.5 Å². The van der Waals surface area contributed by atoms with E-state index in [0.717, 1.165) is 43.7 Å². The zero-order chi connectivity index (χ0) is 18.5. The summed E-state index contributed by atoms with van der Waals surface area (Å²) in [6.45, 7) is 6.00. The Morgan fingerprint density at radius 1 is 1.27 bits per heavy atom. The van der Waals surface area contributed by atoms with Crippen LogP contribution in [0.2, 0.25) is 0 Å². The number of likely N-dealkylation sites (tertiary alicyclic amines) is 1. The first-order chi connectivity index (χ1) is 12.6. The monoisotopic (exact) mass is 355 g/mol. The molecule has 5 heteroatoms. The maximum Gasteiger partial charge on any atom is 0.222 e. The molecule has 1 fully saturated rings. The summed E-state index contributed by atoms with van der Waals surface area (Å²) >= 11 is 0. The van der Waals surface area contributed by atoms with Crippen molar-refractivity contribution in [3.8, 4) is 5.75 Å². The van der Waals surface area contributed by atoms with E-state index in [0.29, 0.717) is 18.4 Å². The van der Waals surface area contributed by atoms with Gasteiger partial charge in [-0.1, -0.05) is 18.2 Å². The van der Waals surface area contributed by atoms with Gasteiger partial charge >= 0.3 is 0 Å². The fourth-order valence-corrected chi connectivity index (χ4v) is 3.77. The molecule has 0 spiro atoms. The van der Waals surface area contributed by atoms with Crippen LogP contribution in [0, 0.1) is 0 Å². The number of benzene rings is 1. The van der Waals surface area contributed by atoms with Crippen LogP contribution in [0.25, 0.3) is 0 Å². The van der Waals surface area contributed by atoms with Crippen LogP contribution in [-0.2, 0) is 11.2 Å². The second-order valence-corrected chi connectivity index (χ2v) is 7.25. The van der Waals surface area contributed by atoms with Crippen LogP contribution in [-0.4, -0.2) is 40.6 Å². The van der Waals surface area contributed by atoms with E-state index < -0.39 is 0 Å². The van der Waals surface area contributed by atoms with E-state index in [-0.39, 0.29) is 5.91 Å². The number of hydrogen-bond donors (Lipinski definition) is 0.